The number of halogens is 2. The van der Waals surface area contributed by atoms with Gasteiger partial charge in [-0.05, 0) is 136 Å². The highest BCUT2D eigenvalue weighted by molar-refractivity contribution is 7.15. The van der Waals surface area contributed by atoms with E-state index < -0.39 is 5.60 Å². The van der Waals surface area contributed by atoms with Gasteiger partial charge in [0.05, 0.1) is 17.0 Å². The van der Waals surface area contributed by atoms with Gasteiger partial charge in [0.25, 0.3) is 0 Å². The van der Waals surface area contributed by atoms with Crippen LogP contribution in [0.5, 0.6) is 5.75 Å². The number of rotatable bonds is 7. The lowest BCUT2D eigenvalue weighted by molar-refractivity contribution is -0.0173. The Balaban J connectivity index is 0.00000504. The van der Waals surface area contributed by atoms with Crippen molar-refractivity contribution in [2.24, 2.45) is 4.99 Å². The molecule has 5 heterocycles. The molecule has 63 heavy (non-hydrogen) atoms. The predicted octanol–water partition coefficient (Wildman–Crippen LogP) is 9.80. The average molecular weight is 870 g/mol. The quantitative estimate of drug-likeness (QED) is 0.165. The number of phenols is 1. The van der Waals surface area contributed by atoms with E-state index in [1.54, 1.807) is 23.5 Å². The Morgan fingerprint density at radius 1 is 0.810 bits per heavy atom. The molecule has 4 aromatic carbocycles. The van der Waals surface area contributed by atoms with Crippen molar-refractivity contribution in [1.29, 1.82) is 0 Å². The second kappa shape index (κ2) is 16.9. The first-order valence-electron chi connectivity index (χ1n) is 22.0. The van der Waals surface area contributed by atoms with E-state index in [0.717, 1.165) is 100 Å². The molecular weight excluding hydrogens is 813 g/mol. The number of thiophene rings is 1. The molecule has 9 nitrogen and oxygen atoms in total. The molecule has 2 unspecified atom stereocenters. The van der Waals surface area contributed by atoms with Crippen LogP contribution in [0, 0.1) is 32.4 Å². The fourth-order valence-electron chi connectivity index (χ4n) is 10.5. The number of aliphatic imine (C=N–C) groups is 1. The van der Waals surface area contributed by atoms with Crippen LogP contribution in [0.4, 0.5) is 20.2 Å². The Kier molecular flexibility index (Phi) is 11.5. The highest BCUT2D eigenvalue weighted by Gasteiger charge is 2.37. The van der Waals surface area contributed by atoms with Crippen LogP contribution in [-0.2, 0) is 6.42 Å². The molecule has 10 rings (SSSR count). The summed E-state index contributed by atoms with van der Waals surface area (Å²) >= 11 is 1.77. The number of aryl methyl sites for hydroxylation is 3. The van der Waals surface area contributed by atoms with Crippen molar-refractivity contribution < 1.29 is 19.0 Å². The van der Waals surface area contributed by atoms with Crippen LogP contribution in [-0.4, -0.2) is 87.0 Å². The number of aliphatic hydroxyl groups is 1. The van der Waals surface area contributed by atoms with Gasteiger partial charge in [-0.3, -0.25) is 14.5 Å². The number of fused-ring (bicyclic) bond motifs is 4. The normalized spacial score (nSPS) is 20.9. The monoisotopic (exact) mass is 869 g/mol. The largest absolute Gasteiger partial charge is 0.508 e. The molecule has 0 saturated carbocycles. The number of phenolic OH excluding ortho intramolecular Hbond substituents is 1. The molecule has 2 saturated heterocycles. The number of β-amino-alcohol motifs (C(OH)–C–C–N with tert-alkyl or cyclic N) is 1. The molecule has 0 amide bonds. The van der Waals surface area contributed by atoms with Crippen LogP contribution in [0.15, 0.2) is 89.9 Å². The maximum atomic E-state index is 16.2. The molecule has 2 aromatic heterocycles. The molecule has 328 valence electrons. The Morgan fingerprint density at radius 2 is 1.52 bits per heavy atom. The molecule has 6 aromatic rings. The third-order valence-corrected chi connectivity index (χ3v) is 15.2. The zero-order valence-corrected chi connectivity index (χ0v) is 36.6. The van der Waals surface area contributed by atoms with Gasteiger partial charge in [-0.25, -0.2) is 8.78 Å². The zero-order valence-electron chi connectivity index (χ0n) is 35.8. The first-order valence-corrected chi connectivity index (χ1v) is 22.8. The van der Waals surface area contributed by atoms with Crippen LogP contribution in [0.2, 0.25) is 0 Å². The van der Waals surface area contributed by atoms with Gasteiger partial charge < -0.3 is 20.0 Å². The van der Waals surface area contributed by atoms with Gasteiger partial charge in [0.1, 0.15) is 34.3 Å². The Bertz CT molecular complexity index is 2660. The van der Waals surface area contributed by atoms with Gasteiger partial charge >= 0.3 is 0 Å². The van der Waals surface area contributed by atoms with Gasteiger partial charge in [0.2, 0.25) is 0 Å². The molecule has 2 fully saturated rings. The molecule has 1 aliphatic carbocycles. The lowest BCUT2D eigenvalue weighted by Crippen LogP contribution is -2.55. The third kappa shape index (κ3) is 7.95. The summed E-state index contributed by atoms with van der Waals surface area (Å²) in [5.41, 5.74) is 9.46. The lowest BCUT2D eigenvalue weighted by Gasteiger charge is -2.44. The van der Waals surface area contributed by atoms with Gasteiger partial charge in [-0.15, -0.1) is 21.5 Å². The number of aromatic nitrogens is 3. The van der Waals surface area contributed by atoms with Crippen molar-refractivity contribution in [3.05, 3.63) is 152 Å². The first kappa shape index (κ1) is 42.9. The van der Waals surface area contributed by atoms with E-state index in [9.17, 15) is 14.6 Å². The minimum atomic E-state index is -0.785. The smallest absolute Gasteiger partial charge is 0.162 e. The Morgan fingerprint density at radius 3 is 2.24 bits per heavy atom. The van der Waals surface area contributed by atoms with Crippen molar-refractivity contribution in [2.45, 2.75) is 84.3 Å². The van der Waals surface area contributed by atoms with Gasteiger partial charge in [0, 0.05) is 73.4 Å². The fraction of sp³-hybridized carbons (Fsp3) is 0.392. The summed E-state index contributed by atoms with van der Waals surface area (Å²) in [6.45, 7) is 13.4. The first-order chi connectivity index (χ1) is 29.9. The van der Waals surface area contributed by atoms with E-state index in [0.29, 0.717) is 38.2 Å². The molecule has 3 atom stereocenters. The second-order valence-corrected chi connectivity index (χ2v) is 19.1. The van der Waals surface area contributed by atoms with Gasteiger partial charge in [-0.1, -0.05) is 43.8 Å². The minimum Gasteiger partial charge on any atom is -0.508 e. The van der Waals surface area contributed by atoms with E-state index in [2.05, 4.69) is 74.5 Å². The molecule has 4 aliphatic rings. The summed E-state index contributed by atoms with van der Waals surface area (Å²) in [5, 5.41) is 32.1. The highest BCUT2D eigenvalue weighted by Crippen LogP contribution is 2.48. The summed E-state index contributed by atoms with van der Waals surface area (Å²) in [5.74, 6) is 1.36. The van der Waals surface area contributed by atoms with Crippen molar-refractivity contribution >= 4 is 28.4 Å². The number of nitrogens with zero attached hydrogens (tertiary/aromatic N) is 7. The number of aromatic hydroxyl groups is 1. The lowest BCUT2D eigenvalue weighted by atomic mass is 9.69. The van der Waals surface area contributed by atoms with E-state index in [1.165, 1.54) is 22.6 Å². The van der Waals surface area contributed by atoms with Crippen LogP contribution in [0.25, 0.3) is 5.00 Å². The molecular formula is C51H57F2N7O2S. The average Bonchev–Trinajstić information content (AvgIpc) is 3.76. The molecule has 0 spiro atoms. The number of piperazine rings is 1. The second-order valence-electron chi connectivity index (χ2n) is 17.8. The van der Waals surface area contributed by atoms with Gasteiger partial charge in [-0.2, -0.15) is 0 Å². The molecule has 2 N–H and O–H groups in total. The Hall–Kier alpha value is -5.43. The van der Waals surface area contributed by atoms with Crippen molar-refractivity contribution in [2.75, 3.05) is 55.6 Å². The molecule has 12 heteroatoms. The summed E-state index contributed by atoms with van der Waals surface area (Å²) in [6.07, 6.45) is 2.95. The zero-order chi connectivity index (χ0) is 42.9. The van der Waals surface area contributed by atoms with Crippen molar-refractivity contribution in [3.8, 4) is 10.8 Å². The van der Waals surface area contributed by atoms with Crippen LogP contribution in [0.1, 0.15) is 107 Å². The summed E-state index contributed by atoms with van der Waals surface area (Å²) in [4.78, 5) is 13.3. The third-order valence-electron chi connectivity index (χ3n) is 14.0. The standard InChI is InChI=1S/C50H53F2N7O2S.CH4/c1-30-32(3)62-49-45(30)47(53-31(2)48-55-54-33(4)59(48)49)35-7-13-39(14-8-35)57-21-19-50(61,20-22-57)29-56-23-25-58(26-24-56)44-18-10-37(28-43(44)52)46-41(34-5-11-38(51)12-6-34)16-9-36-27-40(60)15-17-42(36)46;/h5-8,10-15,17-18,27-28,31,41,46,60-61H,9,16,19-26,29H2,1-4H3;1H4/t31-,41?,46?;/m0./s1. The van der Waals surface area contributed by atoms with Gasteiger partial charge in [0.15, 0.2) is 5.82 Å². The number of hydrogen-bond acceptors (Lipinski definition) is 9. The van der Waals surface area contributed by atoms with Crippen LogP contribution in [0.3, 0.4) is 0 Å². The topological polar surface area (TPSA) is 93.2 Å². The van der Waals surface area contributed by atoms with Crippen molar-refractivity contribution in [1.82, 2.24) is 19.7 Å². The van der Waals surface area contributed by atoms with E-state index >= 15 is 4.39 Å². The number of anilines is 2. The summed E-state index contributed by atoms with van der Waals surface area (Å²) < 4.78 is 32.3. The molecule has 0 bridgehead atoms. The molecule has 0 radical (unpaired) electrons. The maximum absolute atomic E-state index is 16.2. The van der Waals surface area contributed by atoms with E-state index in [-0.39, 0.29) is 42.7 Å². The van der Waals surface area contributed by atoms with E-state index in [1.807, 2.05) is 43.3 Å². The summed E-state index contributed by atoms with van der Waals surface area (Å²) in [6, 6.07) is 26.4. The highest BCUT2D eigenvalue weighted by atomic mass is 32.1. The van der Waals surface area contributed by atoms with Crippen LogP contribution >= 0.6 is 11.3 Å². The maximum Gasteiger partial charge on any atom is 0.162 e. The van der Waals surface area contributed by atoms with Crippen LogP contribution < -0.4 is 9.80 Å². The number of benzene rings is 4. The number of piperidine rings is 1. The van der Waals surface area contributed by atoms with Crippen molar-refractivity contribution in [3.63, 3.8) is 0 Å². The Labute approximate surface area is 373 Å². The predicted molar refractivity (Wildman–Crippen MR) is 250 cm³/mol. The SMILES string of the molecule is C.Cc1sc2c(c1C)C(c1ccc(N3CCC(O)(CN4CCN(c5ccc(C6c7ccc(O)cc7CCC6c6ccc(F)cc6)cc5F)CC4)CC3)cc1)=N[C@@H](C)c1nnc(C)n1-2. The number of hydrogen-bond donors (Lipinski definition) is 2. The van der Waals surface area contributed by atoms with E-state index in [4.69, 9.17) is 4.99 Å². The summed E-state index contributed by atoms with van der Waals surface area (Å²) in [7, 11) is 0. The molecule has 3 aliphatic heterocycles. The fourth-order valence-corrected chi connectivity index (χ4v) is 11.7. The minimum absolute atomic E-state index is 0.